The zero-order valence-corrected chi connectivity index (χ0v) is 9.91. The molecule has 18 heavy (non-hydrogen) atoms. The van der Waals surface area contributed by atoms with Crippen LogP contribution < -0.4 is 11.1 Å². The molecule has 0 saturated carbocycles. The molecule has 0 unspecified atom stereocenters. The third-order valence-electron chi connectivity index (χ3n) is 2.39. The Hall–Kier alpha value is -2.21. The summed E-state index contributed by atoms with van der Waals surface area (Å²) in [4.78, 5) is 15.9. The van der Waals surface area contributed by atoms with Gasteiger partial charge in [0, 0.05) is 18.9 Å². The van der Waals surface area contributed by atoms with Gasteiger partial charge in [0.1, 0.15) is 5.69 Å². The summed E-state index contributed by atoms with van der Waals surface area (Å²) in [7, 11) is 0. The second-order valence-electron chi connectivity index (χ2n) is 3.76. The van der Waals surface area contributed by atoms with Gasteiger partial charge in [0.15, 0.2) is 0 Å². The van der Waals surface area contributed by atoms with Crippen LogP contribution >= 0.6 is 0 Å². The van der Waals surface area contributed by atoms with Crippen molar-refractivity contribution in [1.82, 2.24) is 20.1 Å². The molecule has 0 saturated heterocycles. The van der Waals surface area contributed by atoms with E-state index in [0.717, 1.165) is 5.69 Å². The number of pyridine rings is 1. The number of hydrogen-bond donors (Lipinski definition) is 2. The van der Waals surface area contributed by atoms with Crippen LogP contribution in [0.15, 0.2) is 36.7 Å². The molecule has 2 rings (SSSR count). The van der Waals surface area contributed by atoms with Gasteiger partial charge < -0.3 is 11.1 Å². The molecule has 0 atom stereocenters. The molecule has 2 aromatic heterocycles. The monoisotopic (exact) mass is 245 g/mol. The average molecular weight is 245 g/mol. The number of hydrogen-bond acceptors (Lipinski definition) is 4. The number of nitrogens with zero attached hydrogens (tertiary/aromatic N) is 3. The summed E-state index contributed by atoms with van der Waals surface area (Å²) >= 11 is 0. The van der Waals surface area contributed by atoms with Gasteiger partial charge in [0.2, 0.25) is 0 Å². The van der Waals surface area contributed by atoms with Gasteiger partial charge in [-0.3, -0.25) is 14.5 Å². The Morgan fingerprint density at radius 1 is 1.39 bits per heavy atom. The van der Waals surface area contributed by atoms with Gasteiger partial charge in [0.05, 0.1) is 18.8 Å². The van der Waals surface area contributed by atoms with Crippen LogP contribution in [-0.4, -0.2) is 27.2 Å². The molecular weight excluding hydrogens is 230 g/mol. The van der Waals surface area contributed by atoms with Crippen molar-refractivity contribution >= 4 is 5.91 Å². The normalized spacial score (nSPS) is 10.3. The molecule has 0 spiro atoms. The molecule has 0 fully saturated rings. The number of carbonyl (C=O) groups excluding carboxylic acids is 1. The van der Waals surface area contributed by atoms with Gasteiger partial charge in [-0.05, 0) is 18.2 Å². The fourth-order valence-corrected chi connectivity index (χ4v) is 1.50. The maximum absolute atomic E-state index is 11.8. The Balaban J connectivity index is 1.91. The fraction of sp³-hybridized carbons (Fsp3) is 0.250. The minimum atomic E-state index is -0.212. The molecule has 0 aliphatic heterocycles. The zero-order valence-electron chi connectivity index (χ0n) is 9.91. The minimum absolute atomic E-state index is 0.212. The number of carbonyl (C=O) groups is 1. The first-order chi connectivity index (χ1) is 8.79. The van der Waals surface area contributed by atoms with Gasteiger partial charge in [0.25, 0.3) is 5.91 Å². The van der Waals surface area contributed by atoms with Crippen molar-refractivity contribution in [2.24, 2.45) is 5.73 Å². The van der Waals surface area contributed by atoms with Crippen LogP contribution in [0.25, 0.3) is 0 Å². The molecular formula is C12H15N5O. The lowest BCUT2D eigenvalue weighted by Crippen LogP contribution is -2.24. The smallest absolute Gasteiger partial charge is 0.272 e. The second kappa shape index (κ2) is 5.92. The van der Waals surface area contributed by atoms with Crippen LogP contribution in [0.4, 0.5) is 0 Å². The van der Waals surface area contributed by atoms with E-state index in [0.29, 0.717) is 25.3 Å². The van der Waals surface area contributed by atoms with Crippen LogP contribution in [-0.2, 0) is 13.1 Å². The van der Waals surface area contributed by atoms with Crippen LogP contribution in [0, 0.1) is 0 Å². The van der Waals surface area contributed by atoms with E-state index in [2.05, 4.69) is 15.4 Å². The van der Waals surface area contributed by atoms with E-state index < -0.39 is 0 Å². The number of amides is 1. The Kier molecular flexibility index (Phi) is 4.03. The lowest BCUT2D eigenvalue weighted by atomic mass is 10.3. The predicted octanol–water partition coefficient (Wildman–Crippen LogP) is 0.167. The molecule has 6 nitrogen and oxygen atoms in total. The molecule has 0 radical (unpaired) electrons. The van der Waals surface area contributed by atoms with E-state index in [-0.39, 0.29) is 5.91 Å². The highest BCUT2D eigenvalue weighted by molar-refractivity contribution is 5.92. The molecule has 3 N–H and O–H groups in total. The predicted molar refractivity (Wildman–Crippen MR) is 66.7 cm³/mol. The third kappa shape index (κ3) is 3.14. The van der Waals surface area contributed by atoms with Gasteiger partial charge >= 0.3 is 0 Å². The summed E-state index contributed by atoms with van der Waals surface area (Å²) in [5.74, 6) is -0.212. The van der Waals surface area contributed by atoms with E-state index in [4.69, 9.17) is 5.73 Å². The van der Waals surface area contributed by atoms with Gasteiger partial charge in [-0.25, -0.2) is 0 Å². The standard InChI is InChI=1S/C12H15N5O/c13-5-8-17-7-4-11(16-17)12(18)15-9-10-3-1-2-6-14-10/h1-4,6-7H,5,8-9,13H2,(H,15,18). The second-order valence-corrected chi connectivity index (χ2v) is 3.76. The Labute approximate surface area is 105 Å². The number of aromatic nitrogens is 3. The van der Waals surface area contributed by atoms with E-state index in [9.17, 15) is 4.79 Å². The van der Waals surface area contributed by atoms with Crippen molar-refractivity contribution < 1.29 is 4.79 Å². The highest BCUT2D eigenvalue weighted by Gasteiger charge is 2.08. The van der Waals surface area contributed by atoms with E-state index in [1.807, 2.05) is 18.2 Å². The molecule has 1 amide bonds. The molecule has 2 heterocycles. The first kappa shape index (κ1) is 12.3. The summed E-state index contributed by atoms with van der Waals surface area (Å²) in [5.41, 5.74) is 6.61. The molecule has 0 aliphatic rings. The number of rotatable bonds is 5. The summed E-state index contributed by atoms with van der Waals surface area (Å²) < 4.78 is 1.65. The third-order valence-corrected chi connectivity index (χ3v) is 2.39. The molecule has 0 aromatic carbocycles. The topological polar surface area (TPSA) is 85.8 Å². The van der Waals surface area contributed by atoms with E-state index in [1.54, 1.807) is 23.1 Å². The maximum atomic E-state index is 11.8. The molecule has 0 bridgehead atoms. The fourth-order valence-electron chi connectivity index (χ4n) is 1.50. The minimum Gasteiger partial charge on any atom is -0.345 e. The van der Waals surface area contributed by atoms with Crippen LogP contribution in [0.3, 0.4) is 0 Å². The zero-order chi connectivity index (χ0) is 12.8. The Morgan fingerprint density at radius 3 is 3.00 bits per heavy atom. The Morgan fingerprint density at radius 2 is 2.28 bits per heavy atom. The Bertz CT molecular complexity index is 508. The van der Waals surface area contributed by atoms with Crippen LogP contribution in [0.1, 0.15) is 16.2 Å². The lowest BCUT2D eigenvalue weighted by Gasteiger charge is -2.02. The maximum Gasteiger partial charge on any atom is 0.272 e. The molecule has 2 aromatic rings. The van der Waals surface area contributed by atoms with Crippen molar-refractivity contribution in [3.63, 3.8) is 0 Å². The average Bonchev–Trinajstić information content (AvgIpc) is 2.86. The lowest BCUT2D eigenvalue weighted by molar-refractivity contribution is 0.0944. The molecule has 0 aliphatic carbocycles. The SMILES string of the molecule is NCCn1ccc(C(=O)NCc2ccccn2)n1. The molecule has 94 valence electrons. The van der Waals surface area contributed by atoms with Crippen LogP contribution in [0.2, 0.25) is 0 Å². The summed E-state index contributed by atoms with van der Waals surface area (Å²) in [6.07, 6.45) is 3.43. The number of nitrogens with one attached hydrogen (secondary N) is 1. The number of nitrogens with two attached hydrogens (primary N) is 1. The highest BCUT2D eigenvalue weighted by Crippen LogP contribution is 1.97. The summed E-state index contributed by atoms with van der Waals surface area (Å²) in [6, 6.07) is 7.24. The van der Waals surface area contributed by atoms with Gasteiger partial charge in [-0.2, -0.15) is 5.10 Å². The van der Waals surface area contributed by atoms with Gasteiger partial charge in [-0.15, -0.1) is 0 Å². The van der Waals surface area contributed by atoms with Crippen molar-refractivity contribution in [1.29, 1.82) is 0 Å². The van der Waals surface area contributed by atoms with E-state index >= 15 is 0 Å². The summed E-state index contributed by atoms with van der Waals surface area (Å²) in [5, 5.41) is 6.88. The quantitative estimate of drug-likeness (QED) is 0.786. The van der Waals surface area contributed by atoms with E-state index in [1.165, 1.54) is 0 Å². The van der Waals surface area contributed by atoms with Crippen LogP contribution in [0.5, 0.6) is 0 Å². The largest absolute Gasteiger partial charge is 0.345 e. The van der Waals surface area contributed by atoms with Crippen molar-refractivity contribution in [2.75, 3.05) is 6.54 Å². The summed E-state index contributed by atoms with van der Waals surface area (Å²) in [6.45, 7) is 1.49. The van der Waals surface area contributed by atoms with Gasteiger partial charge in [-0.1, -0.05) is 6.07 Å². The first-order valence-electron chi connectivity index (χ1n) is 5.71. The van der Waals surface area contributed by atoms with Crippen molar-refractivity contribution in [2.45, 2.75) is 13.1 Å². The van der Waals surface area contributed by atoms with Crippen molar-refractivity contribution in [3.8, 4) is 0 Å². The van der Waals surface area contributed by atoms with Crippen molar-refractivity contribution in [3.05, 3.63) is 48.0 Å². The first-order valence-corrected chi connectivity index (χ1v) is 5.71. The highest BCUT2D eigenvalue weighted by atomic mass is 16.1. The molecule has 6 heteroatoms.